The molecule has 1 nitrogen and oxygen atoms in total. The Bertz CT molecular complexity index is 23.6. The number of thiol groups is 1. The molecular weight excluding hydrogens is 142 g/mol. The van der Waals surface area contributed by atoms with Gasteiger partial charge in [0, 0.05) is 0 Å². The summed E-state index contributed by atoms with van der Waals surface area (Å²) in [5.74, 6) is 0.944. The molecule has 3 heteroatoms. The summed E-state index contributed by atoms with van der Waals surface area (Å²) in [5.41, 5.74) is 0. The Morgan fingerprint density at radius 2 is 1.25 bits per heavy atom. The minimum absolute atomic E-state index is 0. The maximum absolute atomic E-state index is 3.79. The first-order valence-electron chi connectivity index (χ1n) is 2.52. The van der Waals surface area contributed by atoms with Crippen LogP contribution in [0.1, 0.15) is 6.92 Å². The van der Waals surface area contributed by atoms with Crippen LogP contribution in [0.15, 0.2) is 0 Å². The molecule has 0 unspecified atom stereocenters. The number of hydrogen-bond acceptors (Lipinski definition) is 1. The predicted molar refractivity (Wildman–Crippen MR) is 38.3 cm³/mol. The summed E-state index contributed by atoms with van der Waals surface area (Å²) >= 11 is 3.79. The van der Waals surface area contributed by atoms with Crippen molar-refractivity contribution in [3.8, 4) is 0 Å². The molecule has 8 heavy (non-hydrogen) atoms. The fraction of sp³-hybridized carbons (Fsp3) is 1.00. The average molecular weight is 158 g/mol. The van der Waals surface area contributed by atoms with Gasteiger partial charge in [0.25, 0.3) is 0 Å². The van der Waals surface area contributed by atoms with Crippen molar-refractivity contribution in [3.05, 3.63) is 0 Å². The summed E-state index contributed by atoms with van der Waals surface area (Å²) in [6.45, 7) is 1.99. The van der Waals surface area contributed by atoms with Crippen LogP contribution < -0.4 is 17.3 Å². The van der Waals surface area contributed by atoms with Gasteiger partial charge in [0.15, 0.2) is 0 Å². The van der Waals surface area contributed by atoms with Gasteiger partial charge in [-0.3, -0.25) is 0 Å². The van der Waals surface area contributed by atoms with Gasteiger partial charge >= 0.3 is 0 Å². The Balaban J connectivity index is -0.0000000575. The maximum atomic E-state index is 3.79. The van der Waals surface area contributed by atoms with Gasteiger partial charge in [0.05, 0.1) is 21.1 Å². The van der Waals surface area contributed by atoms with E-state index in [4.69, 9.17) is 0 Å². The zero-order valence-corrected chi connectivity index (χ0v) is 7.68. The topological polar surface area (TPSA) is 4.44 Å². The van der Waals surface area contributed by atoms with Crippen molar-refractivity contribution in [2.45, 2.75) is 6.92 Å². The Kier molecular flexibility index (Phi) is 31.0. The third kappa shape index (κ3) is 575. The van der Waals surface area contributed by atoms with Gasteiger partial charge in [-0.05, 0) is 5.75 Å². The molecule has 0 aliphatic rings. The average Bonchev–Trinajstić information content (AvgIpc) is 1.33. The largest absolute Gasteiger partial charge is 1.00 e. The smallest absolute Gasteiger partial charge is 0.0661 e. The highest BCUT2D eigenvalue weighted by molar-refractivity contribution is 7.80. The Hall–Kier alpha value is 0.600. The van der Waals surface area contributed by atoms with E-state index in [0.717, 1.165) is 5.75 Å². The van der Waals surface area contributed by atoms with Crippen LogP contribution in [0.5, 0.6) is 0 Å². The van der Waals surface area contributed by atoms with Crippen LogP contribution in [0.25, 0.3) is 0 Å². The molecule has 0 aliphatic carbocycles. The number of rotatable bonds is 0. The van der Waals surface area contributed by atoms with E-state index in [1.165, 1.54) is 4.90 Å². The van der Waals surface area contributed by atoms with E-state index in [2.05, 4.69) is 33.8 Å². The normalized spacial score (nSPS) is 6.75. The van der Waals surface area contributed by atoms with Crippen LogP contribution >= 0.6 is 12.6 Å². The number of nitrogens with one attached hydrogen (secondary N) is 1. The second kappa shape index (κ2) is 15.6. The Morgan fingerprint density at radius 3 is 1.25 bits per heavy atom. The van der Waals surface area contributed by atoms with Crippen LogP contribution in [0.3, 0.4) is 0 Å². The van der Waals surface area contributed by atoms with Crippen LogP contribution in [0.4, 0.5) is 0 Å². The highest BCUT2D eigenvalue weighted by Crippen LogP contribution is 1.58. The summed E-state index contributed by atoms with van der Waals surface area (Å²) in [5, 5.41) is 0. The van der Waals surface area contributed by atoms with Crippen molar-refractivity contribution < 1.29 is 17.3 Å². The van der Waals surface area contributed by atoms with E-state index in [1.54, 1.807) is 0 Å². The number of quaternary nitrogens is 1. The third-order valence-corrected chi connectivity index (χ3v) is 0. The molecular formula is C5H16ClNS. The molecule has 0 saturated carbocycles. The van der Waals surface area contributed by atoms with E-state index in [1.807, 2.05) is 6.92 Å². The molecule has 0 radical (unpaired) electrons. The van der Waals surface area contributed by atoms with Crippen LogP contribution in [0, 0.1) is 0 Å². The summed E-state index contributed by atoms with van der Waals surface area (Å²) in [4.78, 5) is 1.42. The van der Waals surface area contributed by atoms with Crippen LogP contribution in [-0.4, -0.2) is 26.9 Å². The Labute approximate surface area is 64.3 Å². The summed E-state index contributed by atoms with van der Waals surface area (Å²) in [6, 6.07) is 0. The fourth-order valence-electron chi connectivity index (χ4n) is 0. The van der Waals surface area contributed by atoms with Gasteiger partial charge in [-0.2, -0.15) is 12.6 Å². The SMILES string of the molecule is CCS.C[NH+](C)C.[Cl-]. The standard InChI is InChI=1S/C3H9N.C2H6S.ClH/c1-4(2)3;1-2-3;/h1-3H3;3H,2H2,1H3;1H. The van der Waals surface area contributed by atoms with Gasteiger partial charge in [0.1, 0.15) is 0 Å². The molecule has 0 spiro atoms. The molecule has 0 aromatic carbocycles. The molecule has 0 bridgehead atoms. The molecule has 0 fully saturated rings. The van der Waals surface area contributed by atoms with Gasteiger partial charge in [-0.25, -0.2) is 0 Å². The third-order valence-electron chi connectivity index (χ3n) is 0. The van der Waals surface area contributed by atoms with Crippen LogP contribution in [0.2, 0.25) is 0 Å². The lowest BCUT2D eigenvalue weighted by Crippen LogP contribution is -3.02. The number of hydrogen-bond donors (Lipinski definition) is 2. The first-order valence-corrected chi connectivity index (χ1v) is 3.16. The zero-order chi connectivity index (χ0) is 6.28. The monoisotopic (exact) mass is 157 g/mol. The quantitative estimate of drug-likeness (QED) is 0.340. The molecule has 0 amide bonds. The lowest BCUT2D eigenvalue weighted by atomic mass is 11.0. The van der Waals surface area contributed by atoms with Crippen molar-refractivity contribution in [1.82, 2.24) is 0 Å². The molecule has 0 atom stereocenters. The molecule has 0 heterocycles. The minimum atomic E-state index is 0. The van der Waals surface area contributed by atoms with Crippen LogP contribution in [-0.2, 0) is 0 Å². The van der Waals surface area contributed by atoms with E-state index in [0.29, 0.717) is 0 Å². The summed E-state index contributed by atoms with van der Waals surface area (Å²) < 4.78 is 0. The van der Waals surface area contributed by atoms with E-state index < -0.39 is 0 Å². The van der Waals surface area contributed by atoms with Gasteiger partial charge < -0.3 is 17.3 Å². The first-order chi connectivity index (χ1) is 3.15. The van der Waals surface area contributed by atoms with Gasteiger partial charge in [0.2, 0.25) is 0 Å². The lowest BCUT2D eigenvalue weighted by molar-refractivity contribution is -0.836. The predicted octanol–water partition coefficient (Wildman–Crippen LogP) is -3.30. The van der Waals surface area contributed by atoms with E-state index in [9.17, 15) is 0 Å². The second-order valence-corrected chi connectivity index (χ2v) is 2.45. The van der Waals surface area contributed by atoms with E-state index in [-0.39, 0.29) is 12.4 Å². The highest BCUT2D eigenvalue weighted by atomic mass is 35.5. The molecule has 1 N–H and O–H groups in total. The maximum Gasteiger partial charge on any atom is 0.0661 e. The van der Waals surface area contributed by atoms with Gasteiger partial charge in [-0.15, -0.1) is 0 Å². The minimum Gasteiger partial charge on any atom is -1.00 e. The summed E-state index contributed by atoms with van der Waals surface area (Å²) in [6.07, 6.45) is 0. The first kappa shape index (κ1) is 15.8. The zero-order valence-electron chi connectivity index (χ0n) is 6.03. The molecule has 0 aromatic rings. The van der Waals surface area contributed by atoms with E-state index >= 15 is 0 Å². The fourth-order valence-corrected chi connectivity index (χ4v) is 0. The molecule has 54 valence electrons. The Morgan fingerprint density at radius 1 is 1.25 bits per heavy atom. The van der Waals surface area contributed by atoms with Crippen molar-refractivity contribution in [2.75, 3.05) is 26.9 Å². The molecule has 0 aromatic heterocycles. The highest BCUT2D eigenvalue weighted by Gasteiger charge is 1.61. The molecule has 0 saturated heterocycles. The number of halogens is 1. The van der Waals surface area contributed by atoms with Crippen molar-refractivity contribution in [3.63, 3.8) is 0 Å². The summed E-state index contributed by atoms with van der Waals surface area (Å²) in [7, 11) is 6.25. The van der Waals surface area contributed by atoms with Gasteiger partial charge in [-0.1, -0.05) is 6.92 Å². The lowest BCUT2D eigenvalue weighted by Gasteiger charge is -1.88. The van der Waals surface area contributed by atoms with Crippen molar-refractivity contribution in [2.24, 2.45) is 0 Å². The second-order valence-electron chi connectivity index (χ2n) is 1.82. The van der Waals surface area contributed by atoms with Crippen molar-refractivity contribution >= 4 is 12.6 Å². The van der Waals surface area contributed by atoms with Crippen molar-refractivity contribution in [1.29, 1.82) is 0 Å². The molecule has 0 aliphatic heterocycles. The molecule has 0 rings (SSSR count).